The van der Waals surface area contributed by atoms with Gasteiger partial charge in [0.25, 0.3) is 0 Å². The molecule has 0 spiro atoms. The third kappa shape index (κ3) is 2.44. The number of ether oxygens (including phenoxy) is 1. The van der Waals surface area contributed by atoms with Gasteiger partial charge in [0.2, 0.25) is 0 Å². The minimum Gasteiger partial charge on any atom is -0.497 e. The third-order valence-electron chi connectivity index (χ3n) is 3.15. The normalized spacial score (nSPS) is 12.9. The molecule has 0 radical (unpaired) electrons. The van der Waals surface area contributed by atoms with E-state index in [1.54, 1.807) is 7.11 Å². The molecule has 0 unspecified atom stereocenters. The summed E-state index contributed by atoms with van der Waals surface area (Å²) in [5, 5.41) is 1.27. The fraction of sp³-hybridized carbons (Fsp3) is 0.429. The number of fused-ring (bicyclic) bond motifs is 1. The van der Waals surface area contributed by atoms with Gasteiger partial charge in [-0.2, -0.15) is 0 Å². The first-order valence-electron chi connectivity index (χ1n) is 5.99. The van der Waals surface area contributed by atoms with Crippen molar-refractivity contribution in [3.63, 3.8) is 0 Å². The van der Waals surface area contributed by atoms with Crippen molar-refractivity contribution in [3.05, 3.63) is 30.0 Å². The number of aromatic nitrogens is 1. The fourth-order valence-electron chi connectivity index (χ4n) is 2.16. The highest BCUT2D eigenvalue weighted by Crippen LogP contribution is 2.26. The minimum atomic E-state index is 0.246. The predicted molar refractivity (Wildman–Crippen MR) is 71.4 cm³/mol. The van der Waals surface area contributed by atoms with E-state index in [9.17, 15) is 0 Å². The molecule has 2 rings (SSSR count). The zero-order valence-electron chi connectivity index (χ0n) is 10.7. The molecule has 2 N–H and O–H groups in total. The van der Waals surface area contributed by atoms with Crippen molar-refractivity contribution in [2.45, 2.75) is 25.8 Å². The summed E-state index contributed by atoms with van der Waals surface area (Å²) in [6, 6.07) is 6.45. The lowest BCUT2D eigenvalue weighted by Gasteiger charge is -2.04. The number of hydrogen-bond donors (Lipinski definition) is 1. The molecule has 0 aliphatic heterocycles. The van der Waals surface area contributed by atoms with Gasteiger partial charge in [-0.05, 0) is 43.5 Å². The number of benzene rings is 1. The Bertz CT molecular complexity index is 514. The Balaban J connectivity index is 2.40. The lowest BCUT2D eigenvalue weighted by Crippen LogP contribution is -2.15. The van der Waals surface area contributed by atoms with Crippen molar-refractivity contribution < 1.29 is 4.74 Å². The average molecular weight is 232 g/mol. The Labute approximate surface area is 102 Å². The van der Waals surface area contributed by atoms with Crippen LogP contribution in [0.1, 0.15) is 18.9 Å². The maximum absolute atomic E-state index is 5.82. The van der Waals surface area contributed by atoms with E-state index in [0.717, 1.165) is 18.6 Å². The van der Waals surface area contributed by atoms with Crippen molar-refractivity contribution in [2.24, 2.45) is 12.8 Å². The summed E-state index contributed by atoms with van der Waals surface area (Å²) >= 11 is 0. The van der Waals surface area contributed by atoms with E-state index < -0.39 is 0 Å². The van der Waals surface area contributed by atoms with Crippen LogP contribution < -0.4 is 10.5 Å². The molecule has 0 saturated carbocycles. The second kappa shape index (κ2) is 4.80. The second-order valence-electron chi connectivity index (χ2n) is 4.66. The molecular formula is C14H20N2O. The molecule has 0 saturated heterocycles. The molecule has 0 aliphatic carbocycles. The van der Waals surface area contributed by atoms with Gasteiger partial charge in [-0.3, -0.25) is 0 Å². The van der Waals surface area contributed by atoms with E-state index in [2.05, 4.69) is 29.9 Å². The van der Waals surface area contributed by atoms with E-state index in [1.807, 2.05) is 13.0 Å². The van der Waals surface area contributed by atoms with Crippen molar-refractivity contribution in [2.75, 3.05) is 7.11 Å². The molecule has 0 aliphatic rings. The van der Waals surface area contributed by atoms with Crippen LogP contribution in [0.5, 0.6) is 5.75 Å². The van der Waals surface area contributed by atoms with Crippen LogP contribution in [0, 0.1) is 0 Å². The Hall–Kier alpha value is -1.48. The topological polar surface area (TPSA) is 40.2 Å². The Morgan fingerprint density at radius 1 is 1.41 bits per heavy atom. The quantitative estimate of drug-likeness (QED) is 0.879. The first-order valence-corrected chi connectivity index (χ1v) is 5.99. The molecule has 17 heavy (non-hydrogen) atoms. The molecule has 1 aromatic carbocycles. The van der Waals surface area contributed by atoms with Crippen LogP contribution in [-0.2, 0) is 13.5 Å². The molecule has 1 aromatic heterocycles. The van der Waals surface area contributed by atoms with Gasteiger partial charge in [-0.25, -0.2) is 0 Å². The van der Waals surface area contributed by atoms with E-state index in [1.165, 1.54) is 16.5 Å². The number of nitrogens with two attached hydrogens (primary N) is 1. The van der Waals surface area contributed by atoms with E-state index in [-0.39, 0.29) is 6.04 Å². The Morgan fingerprint density at radius 3 is 2.82 bits per heavy atom. The molecule has 1 atom stereocenters. The molecule has 1 heterocycles. The van der Waals surface area contributed by atoms with E-state index in [0.29, 0.717) is 0 Å². The SMILES string of the molecule is COc1ccc2c(c1)c(CC[C@H](C)N)cn2C. The average Bonchev–Trinajstić information content (AvgIpc) is 2.63. The van der Waals surface area contributed by atoms with Gasteiger partial charge >= 0.3 is 0 Å². The molecule has 0 bridgehead atoms. The van der Waals surface area contributed by atoms with Gasteiger partial charge in [0, 0.05) is 30.2 Å². The first-order chi connectivity index (χ1) is 8.11. The molecule has 2 aromatic rings. The van der Waals surface area contributed by atoms with Crippen LogP contribution in [0.25, 0.3) is 10.9 Å². The summed E-state index contributed by atoms with van der Waals surface area (Å²) in [5.41, 5.74) is 8.40. The number of hydrogen-bond acceptors (Lipinski definition) is 2. The number of methoxy groups -OCH3 is 1. The summed E-state index contributed by atoms with van der Waals surface area (Å²) in [6.45, 7) is 2.05. The number of rotatable bonds is 4. The van der Waals surface area contributed by atoms with Crippen molar-refractivity contribution in [1.82, 2.24) is 4.57 Å². The summed E-state index contributed by atoms with van der Waals surface area (Å²) in [6.07, 6.45) is 4.21. The molecule has 3 heteroatoms. The van der Waals surface area contributed by atoms with Crippen LogP contribution >= 0.6 is 0 Å². The highest BCUT2D eigenvalue weighted by molar-refractivity contribution is 5.85. The summed E-state index contributed by atoms with van der Waals surface area (Å²) in [4.78, 5) is 0. The standard InChI is InChI=1S/C14H20N2O/c1-10(15)4-5-11-9-16(2)14-7-6-12(17-3)8-13(11)14/h6-10H,4-5,15H2,1-3H3/t10-/m0/s1. The van der Waals surface area contributed by atoms with Gasteiger partial charge in [0.15, 0.2) is 0 Å². The predicted octanol–water partition coefficient (Wildman–Crippen LogP) is 2.47. The van der Waals surface area contributed by atoms with Gasteiger partial charge in [0.05, 0.1) is 7.11 Å². The monoisotopic (exact) mass is 232 g/mol. The lowest BCUT2D eigenvalue weighted by molar-refractivity contribution is 0.415. The zero-order valence-corrected chi connectivity index (χ0v) is 10.7. The number of nitrogens with zero attached hydrogens (tertiary/aromatic N) is 1. The van der Waals surface area contributed by atoms with Crippen LogP contribution in [0.15, 0.2) is 24.4 Å². The summed E-state index contributed by atoms with van der Waals surface area (Å²) in [5.74, 6) is 0.908. The highest BCUT2D eigenvalue weighted by Gasteiger charge is 2.08. The van der Waals surface area contributed by atoms with Gasteiger partial charge in [0.1, 0.15) is 5.75 Å². The van der Waals surface area contributed by atoms with Crippen molar-refractivity contribution >= 4 is 10.9 Å². The minimum absolute atomic E-state index is 0.246. The Kier molecular flexibility index (Phi) is 3.38. The van der Waals surface area contributed by atoms with Crippen molar-refractivity contribution in [1.29, 1.82) is 0 Å². The molecule has 0 fully saturated rings. The number of aryl methyl sites for hydroxylation is 2. The highest BCUT2D eigenvalue weighted by atomic mass is 16.5. The Morgan fingerprint density at radius 2 is 2.18 bits per heavy atom. The molecule has 3 nitrogen and oxygen atoms in total. The van der Waals surface area contributed by atoms with Crippen molar-refractivity contribution in [3.8, 4) is 5.75 Å². The zero-order chi connectivity index (χ0) is 12.4. The van der Waals surface area contributed by atoms with E-state index >= 15 is 0 Å². The second-order valence-corrected chi connectivity index (χ2v) is 4.66. The van der Waals surface area contributed by atoms with Crippen LogP contribution in [0.4, 0.5) is 0 Å². The van der Waals surface area contributed by atoms with Crippen LogP contribution in [0.2, 0.25) is 0 Å². The van der Waals surface area contributed by atoms with Crippen LogP contribution in [0.3, 0.4) is 0 Å². The van der Waals surface area contributed by atoms with Gasteiger partial charge in [-0.1, -0.05) is 0 Å². The van der Waals surface area contributed by atoms with Gasteiger partial charge < -0.3 is 15.0 Å². The largest absolute Gasteiger partial charge is 0.497 e. The third-order valence-corrected chi connectivity index (χ3v) is 3.15. The molecule has 0 amide bonds. The molecular weight excluding hydrogens is 212 g/mol. The van der Waals surface area contributed by atoms with E-state index in [4.69, 9.17) is 10.5 Å². The summed E-state index contributed by atoms with van der Waals surface area (Å²) < 4.78 is 7.44. The maximum Gasteiger partial charge on any atom is 0.119 e. The van der Waals surface area contributed by atoms with Crippen LogP contribution in [-0.4, -0.2) is 17.7 Å². The maximum atomic E-state index is 5.82. The smallest absolute Gasteiger partial charge is 0.119 e. The lowest BCUT2D eigenvalue weighted by atomic mass is 10.1. The summed E-state index contributed by atoms with van der Waals surface area (Å²) in [7, 11) is 3.77. The molecule has 92 valence electrons. The van der Waals surface area contributed by atoms with Gasteiger partial charge in [-0.15, -0.1) is 0 Å². The first kappa shape index (κ1) is 12.0. The fourth-order valence-corrected chi connectivity index (χ4v) is 2.16.